The Labute approximate surface area is 127 Å². The zero-order valence-electron chi connectivity index (χ0n) is 11.9. The van der Waals surface area contributed by atoms with Gasteiger partial charge >= 0.3 is 5.97 Å². The normalized spacial score (nSPS) is 23.3. The van der Waals surface area contributed by atoms with Crippen molar-refractivity contribution in [2.45, 2.75) is 38.3 Å². The van der Waals surface area contributed by atoms with Crippen molar-refractivity contribution in [2.24, 2.45) is 0 Å². The fourth-order valence-corrected chi connectivity index (χ4v) is 3.46. The number of likely N-dealkylation sites (tertiary alicyclic amines) is 1. The molecule has 112 valence electrons. The van der Waals surface area contributed by atoms with Gasteiger partial charge in [0.1, 0.15) is 5.54 Å². The first-order valence-electron chi connectivity index (χ1n) is 7.07. The second kappa shape index (κ2) is 5.61. The number of carboxylic acids is 1. The SMILES string of the molecule is CC1(C(=O)O)CCCCN1Cc1cc(-c2cccs2)on1. The van der Waals surface area contributed by atoms with Gasteiger partial charge < -0.3 is 9.63 Å². The van der Waals surface area contributed by atoms with Crippen LogP contribution < -0.4 is 0 Å². The van der Waals surface area contributed by atoms with Crippen LogP contribution in [-0.2, 0) is 11.3 Å². The van der Waals surface area contributed by atoms with Crippen LogP contribution in [0.2, 0.25) is 0 Å². The first-order chi connectivity index (χ1) is 10.1. The van der Waals surface area contributed by atoms with Crippen molar-refractivity contribution in [2.75, 3.05) is 6.54 Å². The Morgan fingerprint density at radius 2 is 2.43 bits per heavy atom. The average molecular weight is 306 g/mol. The van der Waals surface area contributed by atoms with Crippen LogP contribution in [0.1, 0.15) is 31.9 Å². The summed E-state index contributed by atoms with van der Waals surface area (Å²) in [6.45, 7) is 3.09. The summed E-state index contributed by atoms with van der Waals surface area (Å²) in [7, 11) is 0. The van der Waals surface area contributed by atoms with Gasteiger partial charge in [0.15, 0.2) is 5.76 Å². The smallest absolute Gasteiger partial charge is 0.323 e. The molecule has 1 N–H and O–H groups in total. The van der Waals surface area contributed by atoms with E-state index in [4.69, 9.17) is 4.52 Å². The molecule has 1 atom stereocenters. The zero-order chi connectivity index (χ0) is 14.9. The molecule has 1 saturated heterocycles. The lowest BCUT2D eigenvalue weighted by atomic mass is 9.88. The van der Waals surface area contributed by atoms with E-state index in [1.54, 1.807) is 18.3 Å². The van der Waals surface area contributed by atoms with Crippen molar-refractivity contribution in [1.29, 1.82) is 0 Å². The fraction of sp³-hybridized carbons (Fsp3) is 0.467. The third-order valence-electron chi connectivity index (χ3n) is 4.18. The highest BCUT2D eigenvalue weighted by atomic mass is 32.1. The molecule has 0 aromatic carbocycles. The van der Waals surface area contributed by atoms with Crippen LogP contribution in [0.4, 0.5) is 0 Å². The molecule has 0 bridgehead atoms. The number of aliphatic carboxylic acids is 1. The van der Waals surface area contributed by atoms with Crippen molar-refractivity contribution in [1.82, 2.24) is 10.1 Å². The number of thiophene rings is 1. The molecule has 21 heavy (non-hydrogen) atoms. The maximum Gasteiger partial charge on any atom is 0.323 e. The molecule has 3 rings (SSSR count). The molecule has 0 aliphatic carbocycles. The summed E-state index contributed by atoms with van der Waals surface area (Å²) in [6.07, 6.45) is 2.66. The number of aromatic nitrogens is 1. The predicted octanol–water partition coefficient (Wildman–Crippen LogP) is 3.23. The predicted molar refractivity (Wildman–Crippen MR) is 80.1 cm³/mol. The summed E-state index contributed by atoms with van der Waals surface area (Å²) in [6, 6.07) is 5.86. The molecule has 1 unspecified atom stereocenters. The maximum atomic E-state index is 11.6. The van der Waals surface area contributed by atoms with E-state index in [9.17, 15) is 9.90 Å². The van der Waals surface area contributed by atoms with E-state index in [1.165, 1.54) is 0 Å². The first-order valence-corrected chi connectivity index (χ1v) is 7.95. The number of hydrogen-bond donors (Lipinski definition) is 1. The Bertz CT molecular complexity index is 623. The summed E-state index contributed by atoms with van der Waals surface area (Å²) in [5.41, 5.74) is -0.0203. The van der Waals surface area contributed by atoms with Gasteiger partial charge in [-0.2, -0.15) is 0 Å². The lowest BCUT2D eigenvalue weighted by Gasteiger charge is -2.41. The molecule has 1 aliphatic heterocycles. The van der Waals surface area contributed by atoms with E-state index in [0.29, 0.717) is 13.0 Å². The zero-order valence-corrected chi connectivity index (χ0v) is 12.7. The molecule has 3 heterocycles. The highest BCUT2D eigenvalue weighted by Gasteiger charge is 2.41. The maximum absolute atomic E-state index is 11.6. The Kier molecular flexibility index (Phi) is 3.82. The van der Waals surface area contributed by atoms with Crippen LogP contribution >= 0.6 is 11.3 Å². The summed E-state index contributed by atoms with van der Waals surface area (Å²) in [5, 5.41) is 15.6. The summed E-state index contributed by atoms with van der Waals surface area (Å²) >= 11 is 1.60. The van der Waals surface area contributed by atoms with Gasteiger partial charge in [0, 0.05) is 12.6 Å². The average Bonchev–Trinajstić information content (AvgIpc) is 3.12. The highest BCUT2D eigenvalue weighted by Crippen LogP contribution is 2.31. The van der Waals surface area contributed by atoms with Crippen molar-refractivity contribution >= 4 is 17.3 Å². The Morgan fingerprint density at radius 3 is 3.14 bits per heavy atom. The third-order valence-corrected chi connectivity index (χ3v) is 5.06. The molecule has 1 aliphatic rings. The highest BCUT2D eigenvalue weighted by molar-refractivity contribution is 7.13. The summed E-state index contributed by atoms with van der Waals surface area (Å²) in [5.74, 6) is -0.0155. The van der Waals surface area contributed by atoms with Gasteiger partial charge in [-0.25, -0.2) is 0 Å². The quantitative estimate of drug-likeness (QED) is 0.939. The third kappa shape index (κ3) is 2.73. The van der Waals surface area contributed by atoms with Gasteiger partial charge in [-0.3, -0.25) is 9.69 Å². The lowest BCUT2D eigenvalue weighted by molar-refractivity contribution is -0.153. The second-order valence-electron chi connectivity index (χ2n) is 5.62. The number of hydrogen-bond acceptors (Lipinski definition) is 5. The monoisotopic (exact) mass is 306 g/mol. The fourth-order valence-electron chi connectivity index (χ4n) is 2.79. The van der Waals surface area contributed by atoms with Crippen molar-refractivity contribution in [3.05, 3.63) is 29.3 Å². The van der Waals surface area contributed by atoms with Crippen LogP contribution in [0.15, 0.2) is 28.1 Å². The Hall–Kier alpha value is -1.66. The number of nitrogens with zero attached hydrogens (tertiary/aromatic N) is 2. The van der Waals surface area contributed by atoms with E-state index < -0.39 is 11.5 Å². The van der Waals surface area contributed by atoms with Crippen molar-refractivity contribution < 1.29 is 14.4 Å². The van der Waals surface area contributed by atoms with E-state index in [2.05, 4.69) is 5.16 Å². The van der Waals surface area contributed by atoms with Crippen LogP contribution in [0.5, 0.6) is 0 Å². The molecule has 2 aromatic heterocycles. The topological polar surface area (TPSA) is 66.6 Å². The van der Waals surface area contributed by atoms with E-state index >= 15 is 0 Å². The lowest BCUT2D eigenvalue weighted by Crippen LogP contribution is -2.54. The minimum Gasteiger partial charge on any atom is -0.480 e. The molecule has 1 fully saturated rings. The van der Waals surface area contributed by atoms with Gasteiger partial charge in [0.2, 0.25) is 0 Å². The second-order valence-corrected chi connectivity index (χ2v) is 6.57. The number of carboxylic acid groups (broad SMARTS) is 1. The molecule has 2 aromatic rings. The summed E-state index contributed by atoms with van der Waals surface area (Å²) < 4.78 is 5.37. The molecule has 0 radical (unpaired) electrons. The standard InChI is InChI=1S/C15H18N2O3S/c1-15(14(18)19)6-2-3-7-17(15)10-11-9-12(20-16-11)13-5-4-8-21-13/h4-5,8-9H,2-3,6-7,10H2,1H3,(H,18,19). The van der Waals surface area contributed by atoms with Gasteiger partial charge in [0.05, 0.1) is 10.6 Å². The van der Waals surface area contributed by atoms with Crippen LogP contribution in [0.3, 0.4) is 0 Å². The minimum absolute atomic E-state index is 0.512. The van der Waals surface area contributed by atoms with Crippen LogP contribution in [0.25, 0.3) is 10.6 Å². The number of carbonyl (C=O) groups is 1. The molecule has 0 spiro atoms. The molecular weight excluding hydrogens is 288 g/mol. The molecular formula is C15H18N2O3S. The molecule has 0 saturated carbocycles. The van der Waals surface area contributed by atoms with Crippen molar-refractivity contribution in [3.63, 3.8) is 0 Å². The summed E-state index contributed by atoms with van der Waals surface area (Å²) in [4.78, 5) is 14.6. The first kappa shape index (κ1) is 14.3. The Morgan fingerprint density at radius 1 is 1.57 bits per heavy atom. The van der Waals surface area contributed by atoms with E-state index in [-0.39, 0.29) is 0 Å². The molecule has 6 heteroatoms. The van der Waals surface area contributed by atoms with Gasteiger partial charge in [0.25, 0.3) is 0 Å². The molecule has 5 nitrogen and oxygen atoms in total. The number of piperidine rings is 1. The van der Waals surface area contributed by atoms with Crippen LogP contribution in [0, 0.1) is 0 Å². The van der Waals surface area contributed by atoms with Gasteiger partial charge in [-0.1, -0.05) is 11.2 Å². The van der Waals surface area contributed by atoms with E-state index in [0.717, 1.165) is 35.7 Å². The molecule has 0 amide bonds. The van der Waals surface area contributed by atoms with Gasteiger partial charge in [-0.05, 0) is 44.2 Å². The minimum atomic E-state index is -0.805. The van der Waals surface area contributed by atoms with Gasteiger partial charge in [-0.15, -0.1) is 11.3 Å². The Balaban J connectivity index is 1.78. The largest absolute Gasteiger partial charge is 0.480 e. The number of rotatable bonds is 4. The van der Waals surface area contributed by atoms with Crippen LogP contribution in [-0.4, -0.2) is 33.2 Å². The van der Waals surface area contributed by atoms with Crippen molar-refractivity contribution in [3.8, 4) is 10.6 Å². The van der Waals surface area contributed by atoms with E-state index in [1.807, 2.05) is 28.5 Å².